The van der Waals surface area contributed by atoms with Crippen molar-refractivity contribution in [2.24, 2.45) is 0 Å². The Kier molecular flexibility index (Phi) is 2.88. The Morgan fingerprint density at radius 1 is 0.338 bits per heavy atom. The lowest BCUT2D eigenvalue weighted by Gasteiger charge is -2.63. The van der Waals surface area contributed by atoms with Gasteiger partial charge in [0.25, 0.3) is 0 Å². The molecule has 2 aliphatic heterocycles. The number of hydrogen-bond acceptors (Lipinski definition) is 5. The van der Waals surface area contributed by atoms with Crippen LogP contribution in [0.2, 0.25) is 0 Å². The van der Waals surface area contributed by atoms with E-state index in [4.69, 9.17) is 9.47 Å². The first kappa shape index (κ1) is 31.3. The van der Waals surface area contributed by atoms with Crippen molar-refractivity contribution in [3.8, 4) is 0 Å². The molecule has 0 radical (unpaired) electrons. The van der Waals surface area contributed by atoms with Crippen LogP contribution in [-0.2, 0) is 29.9 Å². The Balaban J connectivity index is 1.10. The minimum absolute atomic E-state index is 0.323. The Morgan fingerprint density at radius 3 is 0.863 bits per heavy atom. The van der Waals surface area contributed by atoms with Gasteiger partial charge in [-0.1, -0.05) is 30.4 Å². The fraction of sp³-hybridized carbons (Fsp3) is 0.0667. The van der Waals surface area contributed by atoms with Crippen LogP contribution in [0.3, 0.4) is 0 Å². The zero-order valence-corrected chi connectivity index (χ0v) is 41.1. The second-order valence-corrected chi connectivity index (χ2v) is 27.7. The first-order valence-electron chi connectivity index (χ1n) is 28.9. The number of para-hydroxylation sites is 1. The number of hydrogen-bond donors (Lipinski definition) is 0. The number of ether oxygens (including phenoxy) is 2. The molecule has 5 nitrogen and oxygen atoms in total. The lowest BCUT2D eigenvalue weighted by atomic mass is 9.42. The van der Waals surface area contributed by atoms with Gasteiger partial charge in [-0.3, -0.25) is 0 Å². The number of esters is 2. The molecule has 80 heavy (non-hydrogen) atoms. The zero-order valence-electron chi connectivity index (χ0n) is 41.1. The predicted octanol–water partition coefficient (Wildman–Crippen LogP) is 17.8. The van der Waals surface area contributed by atoms with Crippen molar-refractivity contribution in [3.05, 3.63) is 69.4 Å². The maximum atomic E-state index is 16.8. The molecule has 0 amide bonds. The zero-order chi connectivity index (χ0) is 48.8. The Labute approximate surface area is 436 Å². The minimum atomic E-state index is -1.20. The molecule has 29 aromatic rings. The van der Waals surface area contributed by atoms with Crippen LogP contribution in [0, 0.1) is 0 Å². The average molecular weight is 992 g/mol. The van der Waals surface area contributed by atoms with Crippen LogP contribution in [0.4, 0.5) is 5.69 Å². The molecular formula is C75H13NO4. The van der Waals surface area contributed by atoms with Crippen molar-refractivity contribution in [1.29, 1.82) is 0 Å². The molecule has 29 aromatic carbocycles. The van der Waals surface area contributed by atoms with Crippen molar-refractivity contribution in [1.82, 2.24) is 0 Å². The normalized spacial score (nSPS) is 22.6. The van der Waals surface area contributed by atoms with Crippen LogP contribution in [-0.4, -0.2) is 32.2 Å². The molecule has 2 spiro atoms. The Hall–Kier alpha value is -10.1. The first-order valence-corrected chi connectivity index (χ1v) is 28.9. The van der Waals surface area contributed by atoms with Crippen LogP contribution in [0.15, 0.2) is 41.6 Å². The first-order chi connectivity index (χ1) is 39.7. The van der Waals surface area contributed by atoms with Gasteiger partial charge in [0, 0.05) is 5.69 Å². The molecule has 1 atom stereocenters. The number of fused-ring (bicyclic) bond motifs is 3. The van der Waals surface area contributed by atoms with Gasteiger partial charge in [-0.2, -0.15) is 0 Å². The molecule has 4 aliphatic carbocycles. The van der Waals surface area contributed by atoms with E-state index in [-0.39, 0.29) is 0 Å². The van der Waals surface area contributed by atoms with E-state index in [0.29, 0.717) is 11.3 Å². The van der Waals surface area contributed by atoms with E-state index in [0.717, 1.165) is 11.3 Å². The molecule has 35 rings (SSSR count). The van der Waals surface area contributed by atoms with Gasteiger partial charge < -0.3 is 14.4 Å². The Bertz CT molecular complexity index is 7850. The molecule has 6 aliphatic rings. The van der Waals surface area contributed by atoms with E-state index in [1.807, 2.05) is 0 Å². The molecule has 0 bridgehead atoms. The smallest absolute Gasteiger partial charge is 0.355 e. The summed E-state index contributed by atoms with van der Waals surface area (Å²) in [5.74, 6) is -0.930. The third-order valence-electron chi connectivity index (χ3n) is 27.4. The van der Waals surface area contributed by atoms with E-state index in [2.05, 4.69) is 41.3 Å². The molecule has 342 valence electrons. The van der Waals surface area contributed by atoms with Gasteiger partial charge in [0.15, 0.2) is 0 Å². The quantitative estimate of drug-likeness (QED) is 0.128. The second-order valence-electron chi connectivity index (χ2n) is 27.7. The van der Waals surface area contributed by atoms with Gasteiger partial charge in [-0.15, -0.1) is 0 Å². The van der Waals surface area contributed by atoms with Crippen molar-refractivity contribution >= 4 is 315 Å². The lowest BCUT2D eigenvalue weighted by molar-refractivity contribution is -0.140. The number of rotatable bonds is 2. The summed E-state index contributed by atoms with van der Waals surface area (Å²) in [7, 11) is 3.08. The van der Waals surface area contributed by atoms with Crippen molar-refractivity contribution in [2.45, 2.75) is 16.9 Å². The monoisotopic (exact) mass is 991 g/mol. The highest BCUT2D eigenvalue weighted by atomic mass is 16.5. The second kappa shape index (κ2) is 7.35. The standard InChI is InChI=1S/C75H13NO4/c1-79-72(77)70-71(73(78)80-2)76-10-6-4-3-5-9(10)7-8-11(76)74-66-58-50-40-30-22-14-12-13-16-20-18(14)26-34-28(20)38-32-24(16)25-17(13)21-19-15(12)23(22)31-37-27(19)35-29(21)39-33(25)43-42(32)52-46(38)56-48(34)54(44(50)36(26)30)60(66)62(56)68-64(52)65-53(43)47(39)57-49(35)55-45(37)51(41(31)40)59(58)67(74)61(55)63(57)69(65)75(68,70)74/h3-8,11H,1-2H3. The molecule has 0 saturated heterocycles. The molecule has 0 saturated carbocycles. The molecule has 0 aromatic heterocycles. The Morgan fingerprint density at radius 2 is 0.588 bits per heavy atom. The highest BCUT2D eigenvalue weighted by Crippen LogP contribution is 2.87. The number of nitrogens with zero attached hydrogens (tertiary/aromatic N) is 1. The SMILES string of the molecule is COC(=O)C1=C(C(=O)OC)C23c4c5c6c7c8c9c(c%10c%11c2c2c4c4c%12c5c5c6c6c8c8c%13c9c9c%10c%10c%11c%11c2c2c4c4c%12c%12c5c5c6c8c6c8c%13c9c9c%10c%10c%11c2c2c4c4c%12c5c6c5c8c9c%10c2c45)C73C2C=Cc3ccccc3N12. The van der Waals surface area contributed by atoms with Crippen molar-refractivity contribution in [3.63, 3.8) is 0 Å². The summed E-state index contributed by atoms with van der Waals surface area (Å²) in [6, 6.07) is 8.13. The number of methoxy groups -OCH3 is 2. The highest BCUT2D eigenvalue weighted by Gasteiger charge is 2.77. The van der Waals surface area contributed by atoms with Gasteiger partial charge in [0.2, 0.25) is 0 Å². The van der Waals surface area contributed by atoms with E-state index in [1.165, 1.54) is 256 Å². The largest absolute Gasteiger partial charge is 0.466 e. The van der Waals surface area contributed by atoms with E-state index >= 15 is 9.59 Å². The minimum Gasteiger partial charge on any atom is -0.466 e. The third kappa shape index (κ3) is 1.73. The van der Waals surface area contributed by atoms with Crippen LogP contribution in [0.1, 0.15) is 27.8 Å². The lowest BCUT2D eigenvalue weighted by Crippen LogP contribution is -2.69. The van der Waals surface area contributed by atoms with Gasteiger partial charge in [0.05, 0.1) is 36.7 Å². The maximum absolute atomic E-state index is 16.8. The molecular weight excluding hydrogens is 979 g/mol. The summed E-state index contributed by atoms with van der Waals surface area (Å²) < 4.78 is 12.7. The number of carbonyl (C=O) groups excluding carboxylic acids is 2. The van der Waals surface area contributed by atoms with Crippen LogP contribution in [0.25, 0.3) is 297 Å². The average Bonchev–Trinajstić information content (AvgIpc) is 1.41. The van der Waals surface area contributed by atoms with Gasteiger partial charge in [-0.05, 0) is 325 Å². The molecule has 0 N–H and O–H groups in total. The van der Waals surface area contributed by atoms with Crippen molar-refractivity contribution < 1.29 is 19.1 Å². The molecule has 0 fully saturated rings. The summed E-state index contributed by atoms with van der Waals surface area (Å²) in [6.45, 7) is 0. The number of benzene rings is 19. The van der Waals surface area contributed by atoms with E-state index < -0.39 is 28.8 Å². The van der Waals surface area contributed by atoms with E-state index in [1.54, 1.807) is 71.7 Å². The number of anilines is 1. The number of carbonyl (C=O) groups is 2. The summed E-state index contributed by atoms with van der Waals surface area (Å²) in [5, 5.41) is 80.6. The van der Waals surface area contributed by atoms with Gasteiger partial charge >= 0.3 is 11.9 Å². The van der Waals surface area contributed by atoms with Gasteiger partial charge in [-0.25, -0.2) is 9.59 Å². The fourth-order valence-electron chi connectivity index (χ4n) is 27.1. The van der Waals surface area contributed by atoms with Crippen LogP contribution >= 0.6 is 0 Å². The summed E-state index contributed by atoms with van der Waals surface area (Å²) in [5.41, 5.74) is 5.98. The predicted molar refractivity (Wildman–Crippen MR) is 327 cm³/mol. The maximum Gasteiger partial charge on any atom is 0.355 e. The van der Waals surface area contributed by atoms with E-state index in [9.17, 15) is 0 Å². The van der Waals surface area contributed by atoms with Crippen LogP contribution in [0.5, 0.6) is 0 Å². The third-order valence-corrected chi connectivity index (χ3v) is 27.4. The summed E-state index contributed by atoms with van der Waals surface area (Å²) >= 11 is 0. The van der Waals surface area contributed by atoms with Crippen LogP contribution < -0.4 is 4.90 Å². The molecule has 5 heteroatoms. The molecule has 2 heterocycles. The molecule has 1 unspecified atom stereocenters. The topological polar surface area (TPSA) is 55.8 Å². The van der Waals surface area contributed by atoms with Gasteiger partial charge in [0.1, 0.15) is 5.70 Å². The van der Waals surface area contributed by atoms with Crippen molar-refractivity contribution in [2.75, 3.05) is 19.1 Å². The highest BCUT2D eigenvalue weighted by molar-refractivity contribution is 6.82. The summed E-state index contributed by atoms with van der Waals surface area (Å²) in [4.78, 5) is 35.1. The fourth-order valence-corrected chi connectivity index (χ4v) is 27.1. The summed E-state index contributed by atoms with van der Waals surface area (Å²) in [6.07, 6.45) is 4.86.